The number of carbonyl (C=O) groups excluding carboxylic acids is 1. The van der Waals surface area contributed by atoms with E-state index in [1.54, 1.807) is 23.2 Å². The van der Waals surface area contributed by atoms with Crippen molar-refractivity contribution < 1.29 is 9.72 Å². The number of non-ortho nitro benzene ring substituents is 1. The van der Waals surface area contributed by atoms with Crippen molar-refractivity contribution in [3.8, 4) is 5.69 Å². The summed E-state index contributed by atoms with van der Waals surface area (Å²) in [4.78, 5) is 31.6. The molecular weight excluding hydrogens is 370 g/mol. The summed E-state index contributed by atoms with van der Waals surface area (Å²) in [5, 5.41) is 11.0. The lowest BCUT2D eigenvalue weighted by atomic mass is 10.1. The molecule has 1 amide bonds. The minimum atomic E-state index is -0.486. The van der Waals surface area contributed by atoms with Crippen LogP contribution in [0.2, 0.25) is 0 Å². The number of rotatable bonds is 4. The highest BCUT2D eigenvalue weighted by Crippen LogP contribution is 2.21. The van der Waals surface area contributed by atoms with Crippen LogP contribution in [-0.2, 0) is 0 Å². The fourth-order valence-electron chi connectivity index (χ4n) is 3.48. The minimum Gasteiger partial charge on any atom is -0.338 e. The van der Waals surface area contributed by atoms with Crippen molar-refractivity contribution in [2.75, 3.05) is 31.1 Å². The summed E-state index contributed by atoms with van der Waals surface area (Å²) >= 11 is 0. The van der Waals surface area contributed by atoms with Gasteiger partial charge in [0.15, 0.2) is 0 Å². The van der Waals surface area contributed by atoms with Gasteiger partial charge in [-0.05, 0) is 25.1 Å². The number of aryl methyl sites for hydroxylation is 1. The third kappa shape index (κ3) is 3.82. The summed E-state index contributed by atoms with van der Waals surface area (Å²) in [5.41, 5.74) is 2.50. The van der Waals surface area contributed by atoms with Gasteiger partial charge in [0.2, 0.25) is 5.95 Å². The molecule has 1 fully saturated rings. The molecule has 0 aliphatic carbocycles. The number of benzene rings is 2. The maximum absolute atomic E-state index is 12.8. The zero-order chi connectivity index (χ0) is 20.4. The maximum atomic E-state index is 12.8. The van der Waals surface area contributed by atoms with Gasteiger partial charge in [0.25, 0.3) is 11.6 Å². The molecule has 29 heavy (non-hydrogen) atoms. The van der Waals surface area contributed by atoms with Crippen LogP contribution in [0.3, 0.4) is 0 Å². The lowest BCUT2D eigenvalue weighted by Crippen LogP contribution is -2.49. The molecule has 0 radical (unpaired) electrons. The Hall–Kier alpha value is -3.68. The van der Waals surface area contributed by atoms with E-state index in [0.717, 1.165) is 11.6 Å². The van der Waals surface area contributed by atoms with Crippen LogP contribution >= 0.6 is 0 Å². The van der Waals surface area contributed by atoms with E-state index in [-0.39, 0.29) is 11.6 Å². The van der Waals surface area contributed by atoms with Crippen LogP contribution in [0.15, 0.2) is 60.9 Å². The van der Waals surface area contributed by atoms with Gasteiger partial charge in [-0.1, -0.05) is 23.8 Å². The predicted molar refractivity (Wildman–Crippen MR) is 110 cm³/mol. The van der Waals surface area contributed by atoms with Gasteiger partial charge in [0.1, 0.15) is 0 Å². The highest BCUT2D eigenvalue weighted by atomic mass is 16.6. The van der Waals surface area contributed by atoms with Gasteiger partial charge in [-0.3, -0.25) is 19.5 Å². The summed E-state index contributed by atoms with van der Waals surface area (Å²) < 4.78 is 2.04. The fraction of sp³-hybridized carbons (Fsp3) is 0.238. The maximum Gasteiger partial charge on any atom is 0.270 e. The van der Waals surface area contributed by atoms with E-state index in [1.165, 1.54) is 17.7 Å². The number of hydrogen-bond acceptors (Lipinski definition) is 5. The molecule has 0 atom stereocenters. The van der Waals surface area contributed by atoms with E-state index in [2.05, 4.69) is 41.1 Å². The third-order valence-corrected chi connectivity index (χ3v) is 5.09. The van der Waals surface area contributed by atoms with Crippen LogP contribution in [0.4, 0.5) is 11.6 Å². The molecule has 1 aliphatic rings. The van der Waals surface area contributed by atoms with Crippen LogP contribution in [0.1, 0.15) is 15.9 Å². The Balaban J connectivity index is 1.46. The Kier molecular flexibility index (Phi) is 4.99. The molecule has 0 N–H and O–H groups in total. The normalized spacial score (nSPS) is 14.1. The molecule has 0 spiro atoms. The number of nitrogens with zero attached hydrogens (tertiary/aromatic N) is 5. The largest absolute Gasteiger partial charge is 0.338 e. The molecule has 0 saturated carbocycles. The standard InChI is InChI=1S/C21H21N5O3/c1-16-5-7-18(8-6-16)25-10-9-22-21(25)24-13-11-23(12-14-24)20(27)17-3-2-4-19(15-17)26(28)29/h2-10,15H,11-14H2,1H3. The number of piperazine rings is 1. The molecule has 4 rings (SSSR count). The van der Waals surface area contributed by atoms with Crippen LogP contribution < -0.4 is 4.90 Å². The van der Waals surface area contributed by atoms with E-state index in [0.29, 0.717) is 31.7 Å². The van der Waals surface area contributed by atoms with Gasteiger partial charge >= 0.3 is 0 Å². The second-order valence-corrected chi connectivity index (χ2v) is 7.02. The lowest BCUT2D eigenvalue weighted by Gasteiger charge is -2.35. The summed E-state index contributed by atoms with van der Waals surface area (Å²) in [5.74, 6) is 0.659. The third-order valence-electron chi connectivity index (χ3n) is 5.09. The average Bonchev–Trinajstić information content (AvgIpc) is 3.24. The Bertz CT molecular complexity index is 1040. The first-order chi connectivity index (χ1) is 14.0. The molecule has 2 aromatic carbocycles. The molecule has 1 aromatic heterocycles. The molecule has 3 aromatic rings. The monoisotopic (exact) mass is 391 g/mol. The second-order valence-electron chi connectivity index (χ2n) is 7.02. The van der Waals surface area contributed by atoms with E-state index in [1.807, 2.05) is 10.8 Å². The number of nitro benzene ring substituents is 1. The van der Waals surface area contributed by atoms with Gasteiger partial charge in [0, 0.05) is 62.0 Å². The first-order valence-electron chi connectivity index (χ1n) is 9.42. The number of nitro groups is 1. The average molecular weight is 391 g/mol. The number of imidazole rings is 1. The number of anilines is 1. The van der Waals surface area contributed by atoms with Crippen molar-refractivity contribution >= 4 is 17.5 Å². The number of carbonyl (C=O) groups is 1. The topological polar surface area (TPSA) is 84.5 Å². The summed E-state index contributed by atoms with van der Waals surface area (Å²) in [6.07, 6.45) is 3.70. The second kappa shape index (κ2) is 7.75. The van der Waals surface area contributed by atoms with E-state index < -0.39 is 4.92 Å². The summed E-state index contributed by atoms with van der Waals surface area (Å²) in [6, 6.07) is 14.1. The van der Waals surface area contributed by atoms with Crippen molar-refractivity contribution in [3.05, 3.63) is 82.2 Å². The Morgan fingerprint density at radius 2 is 1.79 bits per heavy atom. The van der Waals surface area contributed by atoms with E-state index in [4.69, 9.17) is 0 Å². The van der Waals surface area contributed by atoms with Crippen LogP contribution in [-0.4, -0.2) is 51.5 Å². The molecule has 148 valence electrons. The quantitative estimate of drug-likeness (QED) is 0.504. The van der Waals surface area contributed by atoms with Crippen molar-refractivity contribution in [2.24, 2.45) is 0 Å². The van der Waals surface area contributed by atoms with E-state index in [9.17, 15) is 14.9 Å². The molecule has 0 bridgehead atoms. The van der Waals surface area contributed by atoms with Gasteiger partial charge < -0.3 is 9.80 Å². The molecule has 1 aliphatic heterocycles. The van der Waals surface area contributed by atoms with Crippen LogP contribution in [0, 0.1) is 17.0 Å². The van der Waals surface area contributed by atoms with Gasteiger partial charge in [-0.15, -0.1) is 0 Å². The van der Waals surface area contributed by atoms with Crippen molar-refractivity contribution in [2.45, 2.75) is 6.92 Å². The molecule has 0 unspecified atom stereocenters. The molecule has 1 saturated heterocycles. The molecule has 8 nitrogen and oxygen atoms in total. The van der Waals surface area contributed by atoms with E-state index >= 15 is 0 Å². The predicted octanol–water partition coefficient (Wildman–Crippen LogP) is 3.05. The van der Waals surface area contributed by atoms with Crippen LogP contribution in [0.5, 0.6) is 0 Å². The van der Waals surface area contributed by atoms with Gasteiger partial charge in [-0.2, -0.15) is 0 Å². The first kappa shape index (κ1) is 18.7. The van der Waals surface area contributed by atoms with Crippen LogP contribution in [0.25, 0.3) is 5.69 Å². The highest BCUT2D eigenvalue weighted by Gasteiger charge is 2.25. The Morgan fingerprint density at radius 3 is 2.48 bits per heavy atom. The lowest BCUT2D eigenvalue weighted by molar-refractivity contribution is -0.384. The zero-order valence-corrected chi connectivity index (χ0v) is 16.1. The van der Waals surface area contributed by atoms with Crippen molar-refractivity contribution in [1.82, 2.24) is 14.5 Å². The number of hydrogen-bond donors (Lipinski definition) is 0. The van der Waals surface area contributed by atoms with Crippen molar-refractivity contribution in [3.63, 3.8) is 0 Å². The Labute approximate surface area is 168 Å². The molecule has 8 heteroatoms. The first-order valence-corrected chi connectivity index (χ1v) is 9.42. The SMILES string of the molecule is Cc1ccc(-n2ccnc2N2CCN(C(=O)c3cccc([N+](=O)[O-])c3)CC2)cc1. The highest BCUT2D eigenvalue weighted by molar-refractivity contribution is 5.95. The van der Waals surface area contributed by atoms with Gasteiger partial charge in [0.05, 0.1) is 4.92 Å². The minimum absolute atomic E-state index is 0.0744. The summed E-state index contributed by atoms with van der Waals surface area (Å²) in [6.45, 7) is 4.40. The molecular formula is C21H21N5O3. The number of aromatic nitrogens is 2. The molecule has 2 heterocycles. The smallest absolute Gasteiger partial charge is 0.270 e. The summed E-state index contributed by atoms with van der Waals surface area (Å²) in [7, 11) is 0. The fourth-order valence-corrected chi connectivity index (χ4v) is 3.48. The zero-order valence-electron chi connectivity index (χ0n) is 16.1. The number of amides is 1. The Morgan fingerprint density at radius 1 is 1.07 bits per heavy atom. The van der Waals surface area contributed by atoms with Gasteiger partial charge in [-0.25, -0.2) is 4.98 Å². The van der Waals surface area contributed by atoms with Crippen molar-refractivity contribution in [1.29, 1.82) is 0 Å².